The summed E-state index contributed by atoms with van der Waals surface area (Å²) in [5, 5.41) is 8.90. The van der Waals surface area contributed by atoms with Crippen molar-refractivity contribution < 1.29 is 0 Å². The van der Waals surface area contributed by atoms with Crippen molar-refractivity contribution >= 4 is 21.6 Å². The van der Waals surface area contributed by atoms with Gasteiger partial charge in [0.1, 0.15) is 0 Å². The smallest absolute Gasteiger partial charge is 0.0992 e. The summed E-state index contributed by atoms with van der Waals surface area (Å²) in [6.45, 7) is 5.45. The Morgan fingerprint density at radius 1 is 1.38 bits per heavy atom. The third-order valence-electron chi connectivity index (χ3n) is 2.49. The summed E-state index contributed by atoms with van der Waals surface area (Å²) >= 11 is 3.42. The molecule has 0 heterocycles. The summed E-state index contributed by atoms with van der Waals surface area (Å²) in [6.07, 6.45) is 1.16. The minimum atomic E-state index is 0.695. The largest absolute Gasteiger partial charge is 0.375 e. The van der Waals surface area contributed by atoms with E-state index in [2.05, 4.69) is 47.8 Å². The average Bonchev–Trinajstić information content (AvgIpc) is 2.24. The van der Waals surface area contributed by atoms with Gasteiger partial charge in [-0.2, -0.15) is 5.26 Å². The van der Waals surface area contributed by atoms with Crippen LogP contribution in [0.3, 0.4) is 0 Å². The molecule has 0 radical (unpaired) electrons. The predicted molar refractivity (Wildman–Crippen MR) is 71.6 cm³/mol. The number of rotatable bonds is 4. The predicted octanol–water partition coefficient (Wildman–Crippen LogP) is 3.80. The summed E-state index contributed by atoms with van der Waals surface area (Å²) in [5.74, 6) is 0.699. The third kappa shape index (κ3) is 3.86. The zero-order valence-electron chi connectivity index (χ0n) is 10.00. The minimum absolute atomic E-state index is 0.695. The highest BCUT2D eigenvalue weighted by Crippen LogP contribution is 2.22. The molecule has 0 saturated carbocycles. The van der Waals surface area contributed by atoms with Crippen molar-refractivity contribution in [3.8, 4) is 6.07 Å². The van der Waals surface area contributed by atoms with E-state index in [1.54, 1.807) is 0 Å². The standard InChI is InChI=1S/C13H17BrN2/c1-10(2)4-5-16(3)13-7-11(9-15)6-12(14)8-13/h6-8,10H,4-5H2,1-3H3. The topological polar surface area (TPSA) is 27.0 Å². The molecule has 3 heteroatoms. The number of nitrogens with zero attached hydrogens (tertiary/aromatic N) is 2. The van der Waals surface area contributed by atoms with Gasteiger partial charge < -0.3 is 4.90 Å². The fourth-order valence-corrected chi connectivity index (χ4v) is 1.92. The molecule has 0 unspecified atom stereocenters. The van der Waals surface area contributed by atoms with Gasteiger partial charge in [-0.15, -0.1) is 0 Å². The van der Waals surface area contributed by atoms with Gasteiger partial charge in [-0.25, -0.2) is 0 Å². The van der Waals surface area contributed by atoms with Gasteiger partial charge >= 0.3 is 0 Å². The van der Waals surface area contributed by atoms with E-state index < -0.39 is 0 Å². The van der Waals surface area contributed by atoms with E-state index in [4.69, 9.17) is 5.26 Å². The highest BCUT2D eigenvalue weighted by Gasteiger charge is 2.05. The summed E-state index contributed by atoms with van der Waals surface area (Å²) < 4.78 is 0.956. The van der Waals surface area contributed by atoms with E-state index in [0.29, 0.717) is 11.5 Å². The number of anilines is 1. The molecule has 0 saturated heterocycles. The molecule has 1 aromatic carbocycles. The molecule has 0 spiro atoms. The molecule has 0 amide bonds. The molecule has 0 fully saturated rings. The van der Waals surface area contributed by atoms with Gasteiger partial charge in [0.25, 0.3) is 0 Å². The van der Waals surface area contributed by atoms with Gasteiger partial charge in [0, 0.05) is 23.8 Å². The van der Waals surface area contributed by atoms with Crippen LogP contribution in [0.1, 0.15) is 25.8 Å². The van der Waals surface area contributed by atoms with Gasteiger partial charge in [-0.3, -0.25) is 0 Å². The molecular formula is C13H17BrN2. The van der Waals surface area contributed by atoms with Crippen LogP contribution in [-0.4, -0.2) is 13.6 Å². The maximum absolute atomic E-state index is 8.90. The highest BCUT2D eigenvalue weighted by molar-refractivity contribution is 9.10. The Morgan fingerprint density at radius 3 is 2.62 bits per heavy atom. The molecule has 0 aliphatic rings. The average molecular weight is 281 g/mol. The van der Waals surface area contributed by atoms with Crippen molar-refractivity contribution in [1.82, 2.24) is 0 Å². The lowest BCUT2D eigenvalue weighted by Crippen LogP contribution is -2.19. The number of nitriles is 1. The van der Waals surface area contributed by atoms with Crippen LogP contribution in [0.5, 0.6) is 0 Å². The summed E-state index contributed by atoms with van der Waals surface area (Å²) in [5.41, 5.74) is 1.78. The molecule has 0 aliphatic carbocycles. The molecule has 1 rings (SSSR count). The molecule has 0 bridgehead atoms. The minimum Gasteiger partial charge on any atom is -0.375 e. The van der Waals surface area contributed by atoms with E-state index in [0.717, 1.165) is 23.1 Å². The molecule has 0 aromatic heterocycles. The van der Waals surface area contributed by atoms with Gasteiger partial charge in [0.15, 0.2) is 0 Å². The van der Waals surface area contributed by atoms with Crippen LogP contribution in [0, 0.1) is 17.2 Å². The van der Waals surface area contributed by atoms with E-state index in [9.17, 15) is 0 Å². The third-order valence-corrected chi connectivity index (χ3v) is 2.95. The first-order valence-electron chi connectivity index (χ1n) is 5.44. The quantitative estimate of drug-likeness (QED) is 0.839. The van der Waals surface area contributed by atoms with Crippen molar-refractivity contribution in [1.29, 1.82) is 5.26 Å². The molecule has 16 heavy (non-hydrogen) atoms. The Bertz CT molecular complexity index is 393. The summed E-state index contributed by atoms with van der Waals surface area (Å²) in [7, 11) is 2.06. The van der Waals surface area contributed by atoms with Crippen LogP contribution < -0.4 is 4.90 Å². The zero-order chi connectivity index (χ0) is 12.1. The molecule has 86 valence electrons. The van der Waals surface area contributed by atoms with Gasteiger partial charge in [-0.1, -0.05) is 29.8 Å². The van der Waals surface area contributed by atoms with E-state index in [1.807, 2.05) is 18.2 Å². The van der Waals surface area contributed by atoms with E-state index >= 15 is 0 Å². The molecular weight excluding hydrogens is 264 g/mol. The number of hydrogen-bond acceptors (Lipinski definition) is 2. The van der Waals surface area contributed by atoms with Crippen LogP contribution in [0.4, 0.5) is 5.69 Å². The number of halogens is 1. The molecule has 1 aromatic rings. The summed E-state index contributed by atoms with van der Waals surface area (Å²) in [4.78, 5) is 2.19. The molecule has 0 atom stereocenters. The van der Waals surface area contributed by atoms with Crippen LogP contribution >= 0.6 is 15.9 Å². The fraction of sp³-hybridized carbons (Fsp3) is 0.462. The lowest BCUT2D eigenvalue weighted by atomic mass is 10.1. The Balaban J connectivity index is 2.79. The second-order valence-electron chi connectivity index (χ2n) is 4.41. The molecule has 0 aliphatic heterocycles. The van der Waals surface area contributed by atoms with Crippen molar-refractivity contribution in [3.63, 3.8) is 0 Å². The maximum Gasteiger partial charge on any atom is 0.0992 e. The first-order chi connectivity index (χ1) is 7.52. The van der Waals surface area contributed by atoms with Gasteiger partial charge in [0.2, 0.25) is 0 Å². The van der Waals surface area contributed by atoms with E-state index in [-0.39, 0.29) is 0 Å². The lowest BCUT2D eigenvalue weighted by molar-refractivity contribution is 0.585. The maximum atomic E-state index is 8.90. The van der Waals surface area contributed by atoms with Crippen molar-refractivity contribution in [2.75, 3.05) is 18.5 Å². The Labute approximate surface area is 106 Å². The van der Waals surface area contributed by atoms with Crippen molar-refractivity contribution in [3.05, 3.63) is 28.2 Å². The van der Waals surface area contributed by atoms with Gasteiger partial charge in [-0.05, 0) is 30.5 Å². The first kappa shape index (κ1) is 13.1. The van der Waals surface area contributed by atoms with Crippen LogP contribution in [0.15, 0.2) is 22.7 Å². The van der Waals surface area contributed by atoms with Crippen molar-refractivity contribution in [2.24, 2.45) is 5.92 Å². The Hall–Kier alpha value is -1.01. The highest BCUT2D eigenvalue weighted by atomic mass is 79.9. The number of benzene rings is 1. The van der Waals surface area contributed by atoms with Crippen LogP contribution in [0.25, 0.3) is 0 Å². The van der Waals surface area contributed by atoms with Crippen LogP contribution in [0.2, 0.25) is 0 Å². The summed E-state index contributed by atoms with van der Waals surface area (Å²) in [6, 6.07) is 7.97. The lowest BCUT2D eigenvalue weighted by Gasteiger charge is -2.20. The Morgan fingerprint density at radius 2 is 2.06 bits per heavy atom. The number of hydrogen-bond donors (Lipinski definition) is 0. The van der Waals surface area contributed by atoms with Crippen LogP contribution in [-0.2, 0) is 0 Å². The van der Waals surface area contributed by atoms with E-state index in [1.165, 1.54) is 0 Å². The fourth-order valence-electron chi connectivity index (χ4n) is 1.44. The molecule has 0 N–H and O–H groups in total. The Kier molecular flexibility index (Phi) is 4.82. The SMILES string of the molecule is CC(C)CCN(C)c1cc(Br)cc(C#N)c1. The van der Waals surface area contributed by atoms with Gasteiger partial charge in [0.05, 0.1) is 11.6 Å². The normalized spacial score (nSPS) is 10.2. The second kappa shape index (κ2) is 5.91. The first-order valence-corrected chi connectivity index (χ1v) is 6.24. The second-order valence-corrected chi connectivity index (χ2v) is 5.33. The van der Waals surface area contributed by atoms with Crippen molar-refractivity contribution in [2.45, 2.75) is 20.3 Å². The molecule has 2 nitrogen and oxygen atoms in total. The zero-order valence-corrected chi connectivity index (χ0v) is 11.6. The monoisotopic (exact) mass is 280 g/mol.